The van der Waals surface area contributed by atoms with Gasteiger partial charge < -0.3 is 14.4 Å². The van der Waals surface area contributed by atoms with Crippen LogP contribution in [-0.4, -0.2) is 22.8 Å². The minimum absolute atomic E-state index is 0.223. The first-order valence-corrected chi connectivity index (χ1v) is 7.54. The highest BCUT2D eigenvalue weighted by atomic mass is 16.5. The molecule has 1 heterocycles. The van der Waals surface area contributed by atoms with Crippen molar-refractivity contribution in [1.29, 1.82) is 0 Å². The second kappa shape index (κ2) is 6.58. The van der Waals surface area contributed by atoms with Crippen LogP contribution in [0.15, 0.2) is 59.5 Å². The van der Waals surface area contributed by atoms with Crippen molar-refractivity contribution in [2.24, 2.45) is 0 Å². The first-order valence-electron chi connectivity index (χ1n) is 7.54. The summed E-state index contributed by atoms with van der Waals surface area (Å²) in [6.07, 6.45) is 1.36. The lowest BCUT2D eigenvalue weighted by molar-refractivity contribution is -0.136. The van der Waals surface area contributed by atoms with Gasteiger partial charge in [-0.15, -0.1) is 0 Å². The van der Waals surface area contributed by atoms with Gasteiger partial charge in [-0.3, -0.25) is 9.59 Å². The first kappa shape index (κ1) is 15.8. The molecular weight excluding hydrogens is 306 g/mol. The van der Waals surface area contributed by atoms with Crippen LogP contribution in [0.4, 0.5) is 0 Å². The van der Waals surface area contributed by atoms with Crippen molar-refractivity contribution in [3.8, 4) is 5.75 Å². The number of para-hydroxylation sites is 1. The summed E-state index contributed by atoms with van der Waals surface area (Å²) < 4.78 is 7.07. The molecule has 122 valence electrons. The third-order valence-corrected chi connectivity index (χ3v) is 3.92. The number of aromatic nitrogens is 1. The minimum Gasteiger partial charge on any atom is -0.497 e. The van der Waals surface area contributed by atoms with E-state index in [1.807, 2.05) is 41.0 Å². The molecule has 2 aromatic carbocycles. The summed E-state index contributed by atoms with van der Waals surface area (Å²) in [5.74, 6) is -0.242. The zero-order valence-electron chi connectivity index (χ0n) is 13.2. The van der Waals surface area contributed by atoms with Crippen LogP contribution in [-0.2, 0) is 17.8 Å². The van der Waals surface area contributed by atoms with Crippen LogP contribution < -0.4 is 10.2 Å². The number of ether oxygens (including phenoxy) is 1. The Morgan fingerprint density at radius 3 is 2.50 bits per heavy atom. The Morgan fingerprint density at radius 1 is 1.12 bits per heavy atom. The van der Waals surface area contributed by atoms with Gasteiger partial charge in [0.15, 0.2) is 5.43 Å². The summed E-state index contributed by atoms with van der Waals surface area (Å²) in [6.45, 7) is 0.539. The van der Waals surface area contributed by atoms with Crippen molar-refractivity contribution in [1.82, 2.24) is 4.57 Å². The van der Waals surface area contributed by atoms with Gasteiger partial charge in [0.25, 0.3) is 0 Å². The molecule has 0 spiro atoms. The number of nitrogens with zero attached hydrogens (tertiary/aromatic N) is 1. The van der Waals surface area contributed by atoms with Gasteiger partial charge in [-0.25, -0.2) is 0 Å². The quantitative estimate of drug-likeness (QED) is 0.784. The van der Waals surface area contributed by atoms with E-state index in [2.05, 4.69) is 0 Å². The molecule has 0 saturated carbocycles. The molecule has 0 aliphatic carbocycles. The monoisotopic (exact) mass is 323 g/mol. The number of benzene rings is 2. The van der Waals surface area contributed by atoms with Crippen LogP contribution in [0.3, 0.4) is 0 Å². The Labute approximate surface area is 138 Å². The predicted octanol–water partition coefficient (Wildman–Crippen LogP) is 2.69. The lowest BCUT2D eigenvalue weighted by Gasteiger charge is -2.13. The molecule has 3 rings (SSSR count). The maximum atomic E-state index is 12.5. The summed E-state index contributed by atoms with van der Waals surface area (Å²) >= 11 is 0. The lowest BCUT2D eigenvalue weighted by atomic mass is 10.1. The molecule has 0 aliphatic heterocycles. The fraction of sp³-hybridized carbons (Fsp3) is 0.158. The van der Waals surface area contributed by atoms with E-state index in [9.17, 15) is 9.59 Å². The van der Waals surface area contributed by atoms with Crippen LogP contribution in [0, 0.1) is 0 Å². The van der Waals surface area contributed by atoms with E-state index in [1.165, 1.54) is 0 Å². The van der Waals surface area contributed by atoms with E-state index in [0.29, 0.717) is 11.9 Å². The number of carboxylic acids is 1. The minimum atomic E-state index is -1.02. The molecule has 0 radical (unpaired) electrons. The number of aliphatic carboxylic acids is 1. The van der Waals surface area contributed by atoms with Crippen molar-refractivity contribution in [2.45, 2.75) is 13.0 Å². The Kier molecular flexibility index (Phi) is 4.33. The molecule has 0 aliphatic rings. The van der Waals surface area contributed by atoms with Crippen molar-refractivity contribution in [2.75, 3.05) is 7.11 Å². The molecule has 5 heteroatoms. The Hall–Kier alpha value is -3.08. The average molecular weight is 323 g/mol. The number of methoxy groups -OCH3 is 1. The number of hydrogen-bond acceptors (Lipinski definition) is 3. The van der Waals surface area contributed by atoms with Gasteiger partial charge in [0.05, 0.1) is 19.0 Å². The van der Waals surface area contributed by atoms with Gasteiger partial charge in [0.1, 0.15) is 5.75 Å². The fourth-order valence-electron chi connectivity index (χ4n) is 2.75. The second-order valence-electron chi connectivity index (χ2n) is 5.55. The number of pyridine rings is 1. The van der Waals surface area contributed by atoms with Gasteiger partial charge in [-0.2, -0.15) is 0 Å². The summed E-state index contributed by atoms with van der Waals surface area (Å²) in [5, 5.41) is 9.57. The van der Waals surface area contributed by atoms with E-state index < -0.39 is 5.97 Å². The molecule has 0 unspecified atom stereocenters. The number of hydrogen-bond donors (Lipinski definition) is 1. The van der Waals surface area contributed by atoms with Crippen LogP contribution in [0.5, 0.6) is 5.75 Å². The zero-order valence-corrected chi connectivity index (χ0v) is 13.2. The summed E-state index contributed by atoms with van der Waals surface area (Å²) in [6, 6.07) is 14.9. The van der Waals surface area contributed by atoms with Crippen LogP contribution in [0.25, 0.3) is 10.9 Å². The van der Waals surface area contributed by atoms with E-state index in [0.717, 1.165) is 16.8 Å². The fourth-order valence-corrected chi connectivity index (χ4v) is 2.75. The molecule has 3 aromatic rings. The standard InChI is InChI=1S/C19H17NO4/c1-24-15-8-6-13(7-9-15)11-20-12-14(10-18(21)22)19(23)16-4-2-3-5-17(16)20/h2-9,12H,10-11H2,1H3,(H,21,22). The largest absolute Gasteiger partial charge is 0.497 e. The predicted molar refractivity (Wildman–Crippen MR) is 91.6 cm³/mol. The SMILES string of the molecule is COc1ccc(Cn2cc(CC(=O)O)c(=O)c3ccccc32)cc1. The van der Waals surface area contributed by atoms with Crippen molar-refractivity contribution >= 4 is 16.9 Å². The molecular formula is C19H17NO4. The molecule has 0 saturated heterocycles. The normalized spacial score (nSPS) is 10.7. The van der Waals surface area contributed by atoms with E-state index >= 15 is 0 Å². The van der Waals surface area contributed by atoms with Crippen LogP contribution >= 0.6 is 0 Å². The number of rotatable bonds is 5. The third-order valence-electron chi connectivity index (χ3n) is 3.92. The summed E-state index contributed by atoms with van der Waals surface area (Å²) in [7, 11) is 1.61. The van der Waals surface area contributed by atoms with E-state index in [1.54, 1.807) is 25.4 Å². The molecule has 5 nitrogen and oxygen atoms in total. The molecule has 0 amide bonds. The summed E-state index contributed by atoms with van der Waals surface area (Å²) in [4.78, 5) is 23.5. The maximum absolute atomic E-state index is 12.5. The highest BCUT2D eigenvalue weighted by Gasteiger charge is 2.11. The van der Waals surface area contributed by atoms with Gasteiger partial charge in [0.2, 0.25) is 0 Å². The van der Waals surface area contributed by atoms with Gasteiger partial charge in [0, 0.05) is 23.7 Å². The Balaban J connectivity index is 2.09. The summed E-state index contributed by atoms with van der Waals surface area (Å²) in [5.41, 5.74) is 1.88. The van der Waals surface area contributed by atoms with Crippen LogP contribution in [0.1, 0.15) is 11.1 Å². The van der Waals surface area contributed by atoms with Crippen molar-refractivity contribution < 1.29 is 14.6 Å². The Morgan fingerprint density at radius 2 is 1.83 bits per heavy atom. The Bertz CT molecular complexity index is 942. The van der Waals surface area contributed by atoms with Crippen molar-refractivity contribution in [3.63, 3.8) is 0 Å². The maximum Gasteiger partial charge on any atom is 0.308 e. The number of carbonyl (C=O) groups is 1. The molecule has 0 fully saturated rings. The van der Waals surface area contributed by atoms with Gasteiger partial charge in [-0.05, 0) is 29.8 Å². The van der Waals surface area contributed by atoms with Gasteiger partial charge >= 0.3 is 5.97 Å². The first-order chi connectivity index (χ1) is 11.6. The zero-order chi connectivity index (χ0) is 17.1. The average Bonchev–Trinajstić information content (AvgIpc) is 2.59. The molecule has 1 aromatic heterocycles. The molecule has 1 N–H and O–H groups in total. The van der Waals surface area contributed by atoms with Gasteiger partial charge in [-0.1, -0.05) is 24.3 Å². The van der Waals surface area contributed by atoms with Crippen molar-refractivity contribution in [3.05, 3.63) is 76.1 Å². The third kappa shape index (κ3) is 3.15. The lowest BCUT2D eigenvalue weighted by Crippen LogP contribution is -2.18. The van der Waals surface area contributed by atoms with E-state index in [4.69, 9.17) is 9.84 Å². The van der Waals surface area contributed by atoms with Crippen LogP contribution in [0.2, 0.25) is 0 Å². The second-order valence-corrected chi connectivity index (χ2v) is 5.55. The van der Waals surface area contributed by atoms with E-state index in [-0.39, 0.29) is 17.4 Å². The highest BCUT2D eigenvalue weighted by Crippen LogP contribution is 2.16. The highest BCUT2D eigenvalue weighted by molar-refractivity contribution is 5.81. The number of fused-ring (bicyclic) bond motifs is 1. The number of carboxylic acid groups (broad SMARTS) is 1. The molecule has 0 atom stereocenters. The molecule has 0 bridgehead atoms. The molecule has 24 heavy (non-hydrogen) atoms. The smallest absolute Gasteiger partial charge is 0.308 e. The topological polar surface area (TPSA) is 68.5 Å².